The van der Waals surface area contributed by atoms with Crippen LogP contribution in [0, 0.1) is 10.1 Å². The van der Waals surface area contributed by atoms with Gasteiger partial charge in [0.2, 0.25) is 0 Å². The van der Waals surface area contributed by atoms with Gasteiger partial charge in [-0.2, -0.15) is 0 Å². The van der Waals surface area contributed by atoms with E-state index in [-0.39, 0.29) is 10.7 Å². The largest absolute Gasteiger partial charge is 0.506 e. The lowest BCUT2D eigenvalue weighted by molar-refractivity contribution is -0.538. The number of anilines is 1. The van der Waals surface area contributed by atoms with Gasteiger partial charge in [0.1, 0.15) is 5.76 Å². The van der Waals surface area contributed by atoms with Gasteiger partial charge >= 0.3 is 5.00 Å². The normalized spacial score (nSPS) is 24.2. The number of hydrogen-bond acceptors (Lipinski definition) is 5. The van der Waals surface area contributed by atoms with Crippen molar-refractivity contribution in [3.8, 4) is 0 Å². The summed E-state index contributed by atoms with van der Waals surface area (Å²) in [5.41, 5.74) is -0.553. The number of hydrogen-bond donors (Lipinski definition) is 3. The van der Waals surface area contributed by atoms with Crippen molar-refractivity contribution in [2.75, 3.05) is 5.32 Å². The fraction of sp³-hybridized carbons (Fsp3) is 0.154. The molecule has 2 unspecified atom stereocenters. The zero-order chi connectivity index (χ0) is 17.4. The maximum absolute atomic E-state index is 12.3. The van der Waals surface area contributed by atoms with Crippen LogP contribution in [0.5, 0.6) is 0 Å². The number of para-hydroxylation sites is 1. The number of benzene rings is 1. The third-order valence-electron chi connectivity index (χ3n) is 3.11. The number of nitro groups is 1. The number of aliphatic hydroxyl groups excluding tert-OH is 2. The maximum Gasteiger partial charge on any atom is 0.345 e. The molecule has 7 nitrogen and oxygen atoms in total. The number of nitrogens with one attached hydrogen (secondary N) is 1. The Kier molecular flexibility index (Phi) is 4.86. The van der Waals surface area contributed by atoms with E-state index in [1.807, 2.05) is 0 Å². The van der Waals surface area contributed by atoms with Crippen molar-refractivity contribution in [3.63, 3.8) is 0 Å². The molecule has 1 amide bonds. The lowest BCUT2D eigenvalue weighted by atomic mass is 9.94. The van der Waals surface area contributed by atoms with Crippen LogP contribution >= 0.6 is 34.8 Å². The summed E-state index contributed by atoms with van der Waals surface area (Å²) in [6, 6.07) is 6.17. The molecule has 0 bridgehead atoms. The number of aliphatic hydroxyl groups is 2. The van der Waals surface area contributed by atoms with Crippen molar-refractivity contribution >= 4 is 46.4 Å². The molecule has 0 heterocycles. The molecule has 0 fully saturated rings. The van der Waals surface area contributed by atoms with Crippen molar-refractivity contribution in [2.24, 2.45) is 0 Å². The number of allylic oxidation sites excluding steroid dienone is 1. The molecule has 23 heavy (non-hydrogen) atoms. The summed E-state index contributed by atoms with van der Waals surface area (Å²) in [6.45, 7) is 0. The van der Waals surface area contributed by atoms with Crippen LogP contribution in [0.3, 0.4) is 0 Å². The minimum Gasteiger partial charge on any atom is -0.506 e. The van der Waals surface area contributed by atoms with Crippen LogP contribution in [-0.2, 0) is 4.79 Å². The van der Waals surface area contributed by atoms with Gasteiger partial charge in [-0.3, -0.25) is 14.9 Å². The molecule has 2 atom stereocenters. The molecule has 1 aromatic carbocycles. The van der Waals surface area contributed by atoms with Crippen LogP contribution < -0.4 is 5.32 Å². The first-order valence-corrected chi connectivity index (χ1v) is 7.21. The van der Waals surface area contributed by atoms with Crippen molar-refractivity contribution in [1.82, 2.24) is 0 Å². The Labute approximate surface area is 144 Å². The molecule has 122 valence electrons. The second kappa shape index (κ2) is 6.37. The molecule has 0 saturated heterocycles. The van der Waals surface area contributed by atoms with Crippen molar-refractivity contribution in [1.29, 1.82) is 0 Å². The fourth-order valence-electron chi connectivity index (χ4n) is 1.92. The highest BCUT2D eigenvalue weighted by atomic mass is 35.5. The Morgan fingerprint density at radius 2 is 1.96 bits per heavy atom. The van der Waals surface area contributed by atoms with Gasteiger partial charge in [0.25, 0.3) is 5.91 Å². The van der Waals surface area contributed by atoms with E-state index in [4.69, 9.17) is 34.8 Å². The highest BCUT2D eigenvalue weighted by molar-refractivity contribution is 6.35. The van der Waals surface area contributed by atoms with Crippen molar-refractivity contribution in [2.45, 2.75) is 11.1 Å². The number of nitrogens with zero attached hydrogens (tertiary/aromatic N) is 1. The number of amides is 1. The van der Waals surface area contributed by atoms with Gasteiger partial charge < -0.3 is 15.5 Å². The monoisotopic (exact) mass is 378 g/mol. The molecular formula is C13H9Cl3N2O5. The lowest BCUT2D eigenvalue weighted by Crippen LogP contribution is -2.48. The van der Waals surface area contributed by atoms with Crippen LogP contribution in [0.2, 0.25) is 5.02 Å². The smallest absolute Gasteiger partial charge is 0.345 e. The summed E-state index contributed by atoms with van der Waals surface area (Å²) in [4.78, 5) is 19.8. The van der Waals surface area contributed by atoms with E-state index in [1.54, 1.807) is 12.1 Å². The third kappa shape index (κ3) is 3.13. The lowest BCUT2D eigenvalue weighted by Gasteiger charge is -2.27. The number of halogens is 3. The maximum atomic E-state index is 12.3. The predicted octanol–water partition coefficient (Wildman–Crippen LogP) is 2.80. The number of rotatable bonds is 3. The zero-order valence-electron chi connectivity index (χ0n) is 11.2. The molecule has 3 N–H and O–H groups in total. The molecular weight excluding hydrogens is 371 g/mol. The van der Waals surface area contributed by atoms with E-state index in [9.17, 15) is 25.1 Å². The molecule has 1 aromatic rings. The van der Waals surface area contributed by atoms with Gasteiger partial charge in [0, 0.05) is 6.08 Å². The number of carbonyl (C=O) groups is 1. The molecule has 0 aromatic heterocycles. The molecule has 0 saturated carbocycles. The Bertz CT molecular complexity index is 749. The SMILES string of the molecule is O=C(Nc1ccccc1Cl)C1=C(O)C(Cl)=CC(Cl)([N+](=O)[O-])C1O. The highest BCUT2D eigenvalue weighted by Gasteiger charge is 2.54. The number of carbonyl (C=O) groups excluding carboxylic acids is 1. The second-order valence-electron chi connectivity index (χ2n) is 4.58. The summed E-state index contributed by atoms with van der Waals surface area (Å²) < 4.78 is 0. The Morgan fingerprint density at radius 3 is 2.52 bits per heavy atom. The first-order valence-electron chi connectivity index (χ1n) is 6.07. The molecule has 1 aliphatic rings. The Balaban J connectivity index is 2.42. The molecule has 0 spiro atoms. The Morgan fingerprint density at radius 1 is 1.35 bits per heavy atom. The highest BCUT2D eigenvalue weighted by Crippen LogP contribution is 2.38. The molecule has 2 rings (SSSR count). The molecule has 10 heteroatoms. The van der Waals surface area contributed by atoms with E-state index in [0.29, 0.717) is 6.08 Å². The van der Waals surface area contributed by atoms with Crippen LogP contribution in [0.15, 0.2) is 46.7 Å². The van der Waals surface area contributed by atoms with Gasteiger partial charge in [-0.15, -0.1) is 0 Å². The predicted molar refractivity (Wildman–Crippen MR) is 85.3 cm³/mol. The van der Waals surface area contributed by atoms with Gasteiger partial charge in [0.05, 0.1) is 26.2 Å². The summed E-state index contributed by atoms with van der Waals surface area (Å²) in [5.74, 6) is -1.83. The molecule has 1 aliphatic carbocycles. The minimum absolute atomic E-state index is 0.179. The standard InChI is InChI=1S/C13H9Cl3N2O5/c14-6-3-1-2-4-8(6)17-12(21)9-10(19)7(15)5-13(16,11(9)20)18(22)23/h1-5,11,19-20H,(H,17,21). The van der Waals surface area contributed by atoms with Gasteiger partial charge in [-0.05, 0) is 23.7 Å². The van der Waals surface area contributed by atoms with Gasteiger partial charge in [-0.1, -0.05) is 35.3 Å². The fourth-order valence-corrected chi connectivity index (χ4v) is 2.65. The van der Waals surface area contributed by atoms with E-state index in [2.05, 4.69) is 5.32 Å². The summed E-state index contributed by atoms with van der Waals surface area (Å²) in [5, 5.41) is 33.0. The van der Waals surface area contributed by atoms with Crippen LogP contribution in [0.4, 0.5) is 5.69 Å². The van der Waals surface area contributed by atoms with Gasteiger partial charge in [0.15, 0.2) is 6.10 Å². The van der Waals surface area contributed by atoms with E-state index in [1.165, 1.54) is 12.1 Å². The molecule has 0 aliphatic heterocycles. The minimum atomic E-state index is -2.57. The van der Waals surface area contributed by atoms with Crippen LogP contribution in [-0.4, -0.2) is 32.1 Å². The summed E-state index contributed by atoms with van der Waals surface area (Å²) in [7, 11) is 0. The number of alkyl halides is 1. The second-order valence-corrected chi connectivity index (χ2v) is 6.00. The average Bonchev–Trinajstić information content (AvgIpc) is 2.47. The third-order valence-corrected chi connectivity index (χ3v) is 4.19. The van der Waals surface area contributed by atoms with E-state index >= 15 is 0 Å². The van der Waals surface area contributed by atoms with Gasteiger partial charge in [-0.25, -0.2) is 0 Å². The van der Waals surface area contributed by atoms with Crippen LogP contribution in [0.1, 0.15) is 0 Å². The van der Waals surface area contributed by atoms with Crippen molar-refractivity contribution in [3.05, 3.63) is 61.8 Å². The van der Waals surface area contributed by atoms with E-state index in [0.717, 1.165) is 0 Å². The van der Waals surface area contributed by atoms with E-state index < -0.39 is 38.3 Å². The van der Waals surface area contributed by atoms with Crippen LogP contribution in [0.25, 0.3) is 0 Å². The average molecular weight is 380 g/mol. The molecule has 0 radical (unpaired) electrons. The Hall–Kier alpha value is -1.80. The summed E-state index contributed by atoms with van der Waals surface area (Å²) >= 11 is 17.3. The topological polar surface area (TPSA) is 113 Å². The summed E-state index contributed by atoms with van der Waals surface area (Å²) in [6.07, 6.45) is -1.47. The first-order chi connectivity index (χ1) is 10.7. The quantitative estimate of drug-likeness (QED) is 0.323. The zero-order valence-corrected chi connectivity index (χ0v) is 13.4. The van der Waals surface area contributed by atoms with Crippen molar-refractivity contribution < 1.29 is 19.9 Å². The first kappa shape index (κ1) is 17.6.